The van der Waals surface area contributed by atoms with Crippen molar-refractivity contribution in [3.8, 4) is 5.75 Å². The van der Waals surface area contributed by atoms with Crippen LogP contribution in [0.2, 0.25) is 0 Å². The lowest BCUT2D eigenvalue weighted by Crippen LogP contribution is -2.46. The summed E-state index contributed by atoms with van der Waals surface area (Å²) in [6.45, 7) is 9.16. The minimum atomic E-state index is -0.625. The van der Waals surface area contributed by atoms with Crippen LogP contribution in [0.15, 0.2) is 36.4 Å². The van der Waals surface area contributed by atoms with Crippen LogP contribution in [-0.2, 0) is 11.3 Å². The molecule has 1 unspecified atom stereocenters. The van der Waals surface area contributed by atoms with E-state index in [2.05, 4.69) is 20.4 Å². The van der Waals surface area contributed by atoms with Gasteiger partial charge in [0.25, 0.3) is 11.8 Å². The molecule has 0 spiro atoms. The Labute approximate surface area is 187 Å². The molecule has 1 atom stereocenters. The summed E-state index contributed by atoms with van der Waals surface area (Å²) in [5, 5.41) is 5.67. The maximum absolute atomic E-state index is 14.6. The number of hydrogen-bond acceptors (Lipinski definition) is 5. The monoisotopic (exact) mass is 440 g/mol. The van der Waals surface area contributed by atoms with Crippen LogP contribution in [0, 0.1) is 5.82 Å². The Balaban J connectivity index is 1.35. The number of rotatable bonds is 5. The molecule has 2 amide bonds. The molecule has 2 N–H and O–H groups in total. The smallest absolute Gasteiger partial charge is 0.265 e. The van der Waals surface area contributed by atoms with Crippen molar-refractivity contribution in [2.45, 2.75) is 39.5 Å². The first-order valence-corrected chi connectivity index (χ1v) is 11.0. The molecule has 2 heterocycles. The molecule has 0 aliphatic carbocycles. The number of amides is 2. The second-order valence-corrected chi connectivity index (χ2v) is 8.63. The van der Waals surface area contributed by atoms with Gasteiger partial charge in [0.15, 0.2) is 6.10 Å². The van der Waals surface area contributed by atoms with Crippen molar-refractivity contribution in [2.75, 3.05) is 36.4 Å². The second kappa shape index (κ2) is 9.16. The fourth-order valence-electron chi connectivity index (χ4n) is 3.97. The summed E-state index contributed by atoms with van der Waals surface area (Å²) in [6, 6.07) is 10.8. The van der Waals surface area contributed by atoms with Crippen molar-refractivity contribution in [1.29, 1.82) is 0 Å². The average Bonchev–Trinajstić information content (AvgIpc) is 2.76. The van der Waals surface area contributed by atoms with Crippen molar-refractivity contribution in [1.82, 2.24) is 10.2 Å². The van der Waals surface area contributed by atoms with Crippen molar-refractivity contribution >= 4 is 23.2 Å². The van der Waals surface area contributed by atoms with E-state index in [4.69, 9.17) is 4.74 Å². The van der Waals surface area contributed by atoms with E-state index in [1.807, 2.05) is 38.1 Å². The number of fused-ring (bicyclic) bond motifs is 1. The van der Waals surface area contributed by atoms with Crippen LogP contribution in [0.5, 0.6) is 5.75 Å². The Morgan fingerprint density at radius 1 is 1.19 bits per heavy atom. The predicted molar refractivity (Wildman–Crippen MR) is 122 cm³/mol. The van der Waals surface area contributed by atoms with Crippen LogP contribution in [0.1, 0.15) is 36.7 Å². The van der Waals surface area contributed by atoms with E-state index in [9.17, 15) is 14.0 Å². The van der Waals surface area contributed by atoms with Gasteiger partial charge in [0, 0.05) is 61.6 Å². The van der Waals surface area contributed by atoms with Gasteiger partial charge in [-0.2, -0.15) is 0 Å². The summed E-state index contributed by atoms with van der Waals surface area (Å²) in [5.41, 5.74) is 2.77. The highest BCUT2D eigenvalue weighted by Gasteiger charge is 2.26. The molecular weight excluding hydrogens is 411 g/mol. The summed E-state index contributed by atoms with van der Waals surface area (Å²) in [5.74, 6) is -0.255. The molecule has 8 heteroatoms. The van der Waals surface area contributed by atoms with Gasteiger partial charge < -0.3 is 20.3 Å². The maximum Gasteiger partial charge on any atom is 0.265 e. The quantitative estimate of drug-likeness (QED) is 0.748. The summed E-state index contributed by atoms with van der Waals surface area (Å²) < 4.78 is 20.1. The summed E-state index contributed by atoms with van der Waals surface area (Å²) in [7, 11) is 0. The predicted octanol–water partition coefficient (Wildman–Crippen LogP) is 3.01. The van der Waals surface area contributed by atoms with E-state index in [1.165, 1.54) is 6.07 Å². The van der Waals surface area contributed by atoms with Gasteiger partial charge in [-0.15, -0.1) is 0 Å². The van der Waals surface area contributed by atoms with Gasteiger partial charge in [-0.05, 0) is 51.1 Å². The number of hydrogen-bond donors (Lipinski definition) is 2. The van der Waals surface area contributed by atoms with E-state index in [-0.39, 0.29) is 23.7 Å². The molecule has 2 aromatic rings. The number of nitrogens with one attached hydrogen (secondary N) is 2. The number of carbonyl (C=O) groups excluding carboxylic acids is 2. The van der Waals surface area contributed by atoms with Gasteiger partial charge in [0.05, 0.1) is 5.69 Å². The van der Waals surface area contributed by atoms with Gasteiger partial charge in [0.2, 0.25) is 0 Å². The van der Waals surface area contributed by atoms with Crippen molar-refractivity contribution < 1.29 is 18.7 Å². The molecule has 32 heavy (non-hydrogen) atoms. The van der Waals surface area contributed by atoms with Crippen molar-refractivity contribution in [3.05, 3.63) is 53.3 Å². The zero-order chi connectivity index (χ0) is 22.8. The maximum atomic E-state index is 14.6. The highest BCUT2D eigenvalue weighted by Crippen LogP contribution is 2.33. The summed E-state index contributed by atoms with van der Waals surface area (Å²) >= 11 is 0. The molecule has 0 saturated carbocycles. The van der Waals surface area contributed by atoms with Crippen LogP contribution in [0.4, 0.5) is 15.8 Å². The molecule has 7 nitrogen and oxygen atoms in total. The number of nitrogens with zero attached hydrogens (tertiary/aromatic N) is 2. The first-order chi connectivity index (χ1) is 15.3. The van der Waals surface area contributed by atoms with Crippen LogP contribution in [0.25, 0.3) is 0 Å². The molecule has 0 bridgehead atoms. The van der Waals surface area contributed by atoms with Gasteiger partial charge in [-0.1, -0.05) is 0 Å². The van der Waals surface area contributed by atoms with Gasteiger partial charge in [-0.25, -0.2) is 4.39 Å². The lowest BCUT2D eigenvalue weighted by atomic mass is 10.1. The van der Waals surface area contributed by atoms with E-state index in [0.717, 1.165) is 31.9 Å². The Kier molecular flexibility index (Phi) is 6.32. The normalized spacial score (nSPS) is 18.7. The van der Waals surface area contributed by atoms with Gasteiger partial charge in [0.1, 0.15) is 11.6 Å². The minimum absolute atomic E-state index is 0.0699. The van der Waals surface area contributed by atoms with Crippen molar-refractivity contribution in [2.24, 2.45) is 0 Å². The van der Waals surface area contributed by atoms with E-state index < -0.39 is 6.10 Å². The zero-order valence-corrected chi connectivity index (χ0v) is 18.7. The molecular formula is C24H29FN4O3. The largest absolute Gasteiger partial charge is 0.479 e. The lowest BCUT2D eigenvalue weighted by Gasteiger charge is -2.36. The minimum Gasteiger partial charge on any atom is -0.479 e. The standard InChI is InChI=1S/C24H29FN4O3/c1-15(2)26-24(31)17-4-6-19(7-5-17)29-10-8-28(9-11-29)14-18-12-21-22(13-20(18)25)32-16(3)23(30)27-21/h4-7,12-13,15-16H,8-11,14H2,1-3H3,(H,26,31)(H,27,30). The molecule has 1 fully saturated rings. The van der Waals surface area contributed by atoms with Gasteiger partial charge >= 0.3 is 0 Å². The summed E-state index contributed by atoms with van der Waals surface area (Å²) in [4.78, 5) is 28.4. The fourth-order valence-corrected chi connectivity index (χ4v) is 3.97. The lowest BCUT2D eigenvalue weighted by molar-refractivity contribution is -0.122. The van der Waals surface area contributed by atoms with Gasteiger partial charge in [-0.3, -0.25) is 14.5 Å². The first kappa shape index (κ1) is 22.1. The van der Waals surface area contributed by atoms with Crippen LogP contribution >= 0.6 is 0 Å². The number of halogens is 1. The number of piperazine rings is 1. The molecule has 2 aliphatic rings. The third-order valence-corrected chi connectivity index (χ3v) is 5.76. The Morgan fingerprint density at radius 3 is 2.53 bits per heavy atom. The fraction of sp³-hybridized carbons (Fsp3) is 0.417. The second-order valence-electron chi connectivity index (χ2n) is 8.63. The first-order valence-electron chi connectivity index (χ1n) is 11.0. The zero-order valence-electron chi connectivity index (χ0n) is 18.7. The molecule has 1 saturated heterocycles. The molecule has 2 aromatic carbocycles. The Hall–Kier alpha value is -3.13. The highest BCUT2D eigenvalue weighted by molar-refractivity contribution is 5.97. The van der Waals surface area contributed by atoms with E-state index in [1.54, 1.807) is 13.0 Å². The molecule has 2 aliphatic heterocycles. The number of anilines is 2. The Bertz CT molecular complexity index is 1000. The summed E-state index contributed by atoms with van der Waals surface area (Å²) in [6.07, 6.45) is -0.625. The number of ether oxygens (including phenoxy) is 1. The van der Waals surface area contributed by atoms with Crippen molar-refractivity contribution in [3.63, 3.8) is 0 Å². The third kappa shape index (κ3) is 4.85. The average molecular weight is 441 g/mol. The number of benzene rings is 2. The Morgan fingerprint density at radius 2 is 1.88 bits per heavy atom. The highest BCUT2D eigenvalue weighted by atomic mass is 19.1. The molecule has 0 aromatic heterocycles. The third-order valence-electron chi connectivity index (χ3n) is 5.76. The topological polar surface area (TPSA) is 73.9 Å². The molecule has 170 valence electrons. The van der Waals surface area contributed by atoms with E-state index >= 15 is 0 Å². The molecule has 0 radical (unpaired) electrons. The SMILES string of the molecule is CC(C)NC(=O)c1ccc(N2CCN(Cc3cc4c(cc3F)OC(C)C(=O)N4)CC2)cc1. The van der Waals surface area contributed by atoms with Crippen LogP contribution in [-0.4, -0.2) is 55.0 Å². The van der Waals surface area contributed by atoms with E-state index in [0.29, 0.717) is 29.1 Å². The number of carbonyl (C=O) groups is 2. The van der Waals surface area contributed by atoms with Crippen LogP contribution < -0.4 is 20.3 Å². The van der Waals surface area contributed by atoms with Crippen LogP contribution in [0.3, 0.4) is 0 Å². The molecule has 4 rings (SSSR count).